The fourth-order valence-electron chi connectivity index (χ4n) is 2.48. The maximum atomic E-state index is 14.2. The molecule has 0 saturated heterocycles. The number of halogens is 1. The molecule has 1 aromatic heterocycles. The van der Waals surface area contributed by atoms with Crippen LogP contribution in [0.5, 0.6) is 0 Å². The van der Waals surface area contributed by atoms with Gasteiger partial charge in [-0.15, -0.1) is 0 Å². The molecule has 106 valence electrons. The molecule has 2 rings (SSSR count). The second-order valence-corrected chi connectivity index (χ2v) is 5.10. The predicted molar refractivity (Wildman–Crippen MR) is 80.2 cm³/mol. The lowest BCUT2D eigenvalue weighted by Gasteiger charge is -2.25. The Kier molecular flexibility index (Phi) is 4.85. The number of rotatable bonds is 5. The minimum absolute atomic E-state index is 0.0736. The van der Waals surface area contributed by atoms with E-state index in [9.17, 15) is 4.39 Å². The summed E-state index contributed by atoms with van der Waals surface area (Å²) in [4.78, 5) is 4.39. The molecule has 20 heavy (non-hydrogen) atoms. The van der Waals surface area contributed by atoms with Gasteiger partial charge in [-0.05, 0) is 37.2 Å². The van der Waals surface area contributed by atoms with E-state index < -0.39 is 0 Å². The fourth-order valence-corrected chi connectivity index (χ4v) is 2.48. The summed E-state index contributed by atoms with van der Waals surface area (Å²) in [6.07, 6.45) is 1.78. The van der Waals surface area contributed by atoms with E-state index in [4.69, 9.17) is 0 Å². The molecule has 0 aliphatic rings. The number of hydrogen-bond donors (Lipinski definition) is 1. The first kappa shape index (κ1) is 14.7. The molecule has 2 unspecified atom stereocenters. The van der Waals surface area contributed by atoms with Crippen LogP contribution >= 0.6 is 0 Å². The Labute approximate surface area is 120 Å². The molecule has 0 aliphatic carbocycles. The average Bonchev–Trinajstić information content (AvgIpc) is 2.46. The van der Waals surface area contributed by atoms with E-state index in [1.165, 1.54) is 0 Å². The highest BCUT2D eigenvalue weighted by Gasteiger charge is 2.23. The Morgan fingerprint density at radius 3 is 2.65 bits per heavy atom. The predicted octanol–water partition coefficient (Wildman–Crippen LogP) is 3.98. The van der Waals surface area contributed by atoms with Gasteiger partial charge in [0.25, 0.3) is 0 Å². The zero-order chi connectivity index (χ0) is 14.5. The molecule has 3 heteroatoms. The summed E-state index contributed by atoms with van der Waals surface area (Å²) in [5.41, 5.74) is 2.61. The number of nitrogens with one attached hydrogen (secondary N) is 1. The molecule has 2 atom stereocenters. The van der Waals surface area contributed by atoms with Gasteiger partial charge in [-0.3, -0.25) is 4.98 Å². The summed E-state index contributed by atoms with van der Waals surface area (Å²) in [6, 6.07) is 11.2. The lowest BCUT2D eigenvalue weighted by atomic mass is 9.90. The third-order valence-corrected chi connectivity index (χ3v) is 3.57. The third-order valence-electron chi connectivity index (χ3n) is 3.57. The maximum Gasteiger partial charge on any atom is 0.128 e. The lowest BCUT2D eigenvalue weighted by molar-refractivity contribution is 0.450. The van der Waals surface area contributed by atoms with Gasteiger partial charge in [0.2, 0.25) is 0 Å². The van der Waals surface area contributed by atoms with Crippen molar-refractivity contribution in [2.75, 3.05) is 6.54 Å². The molecule has 0 spiro atoms. The Morgan fingerprint density at radius 2 is 2.05 bits per heavy atom. The Morgan fingerprint density at radius 1 is 1.25 bits per heavy atom. The van der Waals surface area contributed by atoms with Gasteiger partial charge >= 0.3 is 0 Å². The molecule has 0 bridgehead atoms. The molecule has 1 aromatic carbocycles. The number of hydrogen-bond acceptors (Lipinski definition) is 2. The SMILES string of the molecule is CCNC(c1ccc(C)cc1F)C(C)c1ccccn1. The van der Waals surface area contributed by atoms with Crippen molar-refractivity contribution in [3.63, 3.8) is 0 Å². The maximum absolute atomic E-state index is 14.2. The molecule has 0 aliphatic heterocycles. The number of aryl methyl sites for hydroxylation is 1. The highest BCUT2D eigenvalue weighted by atomic mass is 19.1. The van der Waals surface area contributed by atoms with Crippen LogP contribution in [0.15, 0.2) is 42.6 Å². The van der Waals surface area contributed by atoms with E-state index in [1.54, 1.807) is 12.3 Å². The number of pyridine rings is 1. The van der Waals surface area contributed by atoms with Crippen LogP contribution in [0, 0.1) is 12.7 Å². The van der Waals surface area contributed by atoms with Crippen molar-refractivity contribution >= 4 is 0 Å². The van der Waals surface area contributed by atoms with E-state index >= 15 is 0 Å². The van der Waals surface area contributed by atoms with Gasteiger partial charge in [-0.2, -0.15) is 0 Å². The van der Waals surface area contributed by atoms with Crippen molar-refractivity contribution < 1.29 is 4.39 Å². The van der Waals surface area contributed by atoms with E-state index in [2.05, 4.69) is 17.2 Å². The number of likely N-dealkylation sites (N-methyl/N-ethyl adjacent to an activating group) is 1. The van der Waals surface area contributed by atoms with Crippen molar-refractivity contribution in [1.29, 1.82) is 0 Å². The van der Waals surface area contributed by atoms with Crippen LogP contribution in [-0.4, -0.2) is 11.5 Å². The van der Waals surface area contributed by atoms with Gasteiger partial charge in [0.15, 0.2) is 0 Å². The Bertz CT molecular complexity index is 554. The summed E-state index contributed by atoms with van der Waals surface area (Å²) in [7, 11) is 0. The van der Waals surface area contributed by atoms with Crippen LogP contribution in [0.3, 0.4) is 0 Å². The van der Waals surface area contributed by atoms with Gasteiger partial charge in [0.05, 0.1) is 0 Å². The van der Waals surface area contributed by atoms with E-state index in [0.29, 0.717) is 5.56 Å². The minimum Gasteiger partial charge on any atom is -0.310 e. The van der Waals surface area contributed by atoms with Gasteiger partial charge in [0, 0.05) is 29.4 Å². The van der Waals surface area contributed by atoms with E-state index in [0.717, 1.165) is 17.8 Å². The summed E-state index contributed by atoms with van der Waals surface area (Å²) in [5.74, 6) is -0.0490. The highest BCUT2D eigenvalue weighted by molar-refractivity contribution is 5.29. The summed E-state index contributed by atoms with van der Waals surface area (Å²) < 4.78 is 14.2. The summed E-state index contributed by atoms with van der Waals surface area (Å²) in [6.45, 7) is 6.80. The van der Waals surface area contributed by atoms with Crippen molar-refractivity contribution in [3.05, 3.63) is 65.2 Å². The smallest absolute Gasteiger partial charge is 0.128 e. The topological polar surface area (TPSA) is 24.9 Å². The number of aromatic nitrogens is 1. The number of nitrogens with zero attached hydrogens (tertiary/aromatic N) is 1. The van der Waals surface area contributed by atoms with Crippen LogP contribution in [0.4, 0.5) is 4.39 Å². The third kappa shape index (κ3) is 3.23. The molecule has 1 N–H and O–H groups in total. The molecular formula is C17H21FN2. The first-order chi connectivity index (χ1) is 9.63. The molecule has 2 aromatic rings. The van der Waals surface area contributed by atoms with Crippen molar-refractivity contribution in [2.45, 2.75) is 32.7 Å². The summed E-state index contributed by atoms with van der Waals surface area (Å²) in [5, 5.41) is 3.38. The van der Waals surface area contributed by atoms with Crippen LogP contribution < -0.4 is 5.32 Å². The van der Waals surface area contributed by atoms with E-state index in [1.807, 2.05) is 44.2 Å². The van der Waals surface area contributed by atoms with Crippen LogP contribution in [0.1, 0.15) is 42.6 Å². The van der Waals surface area contributed by atoms with Crippen molar-refractivity contribution in [3.8, 4) is 0 Å². The molecule has 0 fully saturated rings. The lowest BCUT2D eigenvalue weighted by Crippen LogP contribution is -2.27. The standard InChI is InChI=1S/C17H21FN2/c1-4-19-17(13(3)16-7-5-6-10-20-16)14-9-8-12(2)11-15(14)18/h5-11,13,17,19H,4H2,1-3H3. The summed E-state index contributed by atoms with van der Waals surface area (Å²) >= 11 is 0. The monoisotopic (exact) mass is 272 g/mol. The second kappa shape index (κ2) is 6.62. The highest BCUT2D eigenvalue weighted by Crippen LogP contribution is 2.31. The minimum atomic E-state index is -0.154. The van der Waals surface area contributed by atoms with Gasteiger partial charge < -0.3 is 5.32 Å². The first-order valence-electron chi connectivity index (χ1n) is 7.03. The molecular weight excluding hydrogens is 251 g/mol. The first-order valence-corrected chi connectivity index (χ1v) is 7.03. The Balaban J connectivity index is 2.35. The Hall–Kier alpha value is -1.74. The molecule has 1 heterocycles. The second-order valence-electron chi connectivity index (χ2n) is 5.10. The van der Waals surface area contributed by atoms with Gasteiger partial charge in [-0.1, -0.05) is 32.0 Å². The molecule has 0 radical (unpaired) electrons. The van der Waals surface area contributed by atoms with Gasteiger partial charge in [-0.25, -0.2) is 4.39 Å². The van der Waals surface area contributed by atoms with Crippen molar-refractivity contribution in [2.24, 2.45) is 0 Å². The van der Waals surface area contributed by atoms with Gasteiger partial charge in [0.1, 0.15) is 5.82 Å². The fraction of sp³-hybridized carbons (Fsp3) is 0.353. The van der Waals surface area contributed by atoms with E-state index in [-0.39, 0.29) is 17.8 Å². The van der Waals surface area contributed by atoms with Crippen LogP contribution in [0.25, 0.3) is 0 Å². The largest absolute Gasteiger partial charge is 0.310 e. The van der Waals surface area contributed by atoms with Crippen LogP contribution in [0.2, 0.25) is 0 Å². The molecule has 0 amide bonds. The number of benzene rings is 1. The zero-order valence-electron chi connectivity index (χ0n) is 12.2. The van der Waals surface area contributed by atoms with Crippen molar-refractivity contribution in [1.82, 2.24) is 10.3 Å². The normalized spacial score (nSPS) is 14.0. The van der Waals surface area contributed by atoms with Crippen LogP contribution in [-0.2, 0) is 0 Å². The molecule has 2 nitrogen and oxygen atoms in total. The zero-order valence-corrected chi connectivity index (χ0v) is 12.2. The molecule has 0 saturated carbocycles. The average molecular weight is 272 g/mol. The quantitative estimate of drug-likeness (QED) is 0.890.